The number of hydrogen-bond acceptors (Lipinski definition) is 8. The molecular weight excluding hydrogens is 851 g/mol. The zero-order valence-corrected chi connectivity index (χ0v) is 45.2. The van der Waals surface area contributed by atoms with Crippen LogP contribution in [0.25, 0.3) is 0 Å². The lowest BCUT2D eigenvalue weighted by Crippen LogP contribution is -2.60. The van der Waals surface area contributed by atoms with Gasteiger partial charge in [-0.2, -0.15) is 0 Å². The second-order valence-corrected chi connectivity index (χ2v) is 21.5. The van der Waals surface area contributed by atoms with Crippen LogP contribution in [0.5, 0.6) is 0 Å². The highest BCUT2D eigenvalue weighted by molar-refractivity contribution is 5.76. The van der Waals surface area contributed by atoms with Crippen molar-refractivity contribution < 1.29 is 39.8 Å². The maximum absolute atomic E-state index is 13.1. The molecule has 9 heteroatoms. The second kappa shape index (κ2) is 49.8. The second-order valence-electron chi connectivity index (χ2n) is 21.5. The van der Waals surface area contributed by atoms with Crippen molar-refractivity contribution in [2.24, 2.45) is 0 Å². The normalized spacial score (nSPS) is 19.4. The molecule has 1 heterocycles. The van der Waals surface area contributed by atoms with E-state index in [-0.39, 0.29) is 12.5 Å². The standard InChI is InChI=1S/C59H117NO8/c1-3-5-7-9-11-13-15-17-19-20-21-22-23-24-25-26-27-28-29-30-31-32-33-34-35-37-39-41-43-45-47-49-55(63)60-52(51-67-59-58(66)57(65)56(64)54(50-61)68-59)53(62)48-46-44-42-40-38-36-18-16-14-12-10-8-6-4-2/h52-54,56-59,61-62,64-66H,3-51H2,1-2H3,(H,60,63)/t52-,53+,54+,56+,57?,58?,59+/m0/s1. The van der Waals surface area contributed by atoms with Crippen LogP contribution in [-0.2, 0) is 14.3 Å². The van der Waals surface area contributed by atoms with Gasteiger partial charge in [0.1, 0.15) is 24.4 Å². The van der Waals surface area contributed by atoms with Crippen LogP contribution in [0.1, 0.15) is 316 Å². The van der Waals surface area contributed by atoms with Crippen LogP contribution < -0.4 is 5.32 Å². The summed E-state index contributed by atoms with van der Waals surface area (Å²) in [6, 6.07) is -0.713. The van der Waals surface area contributed by atoms with Gasteiger partial charge in [0.05, 0.1) is 25.4 Å². The van der Waals surface area contributed by atoms with Crippen LogP contribution in [-0.4, -0.2) is 87.5 Å². The van der Waals surface area contributed by atoms with Crippen molar-refractivity contribution >= 4 is 5.91 Å². The van der Waals surface area contributed by atoms with Crippen molar-refractivity contribution in [1.82, 2.24) is 5.32 Å². The third kappa shape index (κ3) is 38.8. The zero-order valence-electron chi connectivity index (χ0n) is 45.2. The summed E-state index contributed by atoms with van der Waals surface area (Å²) in [6.45, 7) is 3.88. The number of carbonyl (C=O) groups is 1. The summed E-state index contributed by atoms with van der Waals surface area (Å²) in [4.78, 5) is 13.1. The molecule has 0 aromatic rings. The highest BCUT2D eigenvalue weighted by atomic mass is 16.7. The number of hydrogen-bond donors (Lipinski definition) is 6. The molecule has 0 spiro atoms. The predicted molar refractivity (Wildman–Crippen MR) is 286 cm³/mol. The van der Waals surface area contributed by atoms with Crippen LogP contribution in [0, 0.1) is 0 Å². The Morgan fingerprint density at radius 3 is 1.04 bits per heavy atom. The maximum atomic E-state index is 13.1. The Bertz CT molecular complexity index is 1030. The summed E-state index contributed by atoms with van der Waals surface area (Å²) < 4.78 is 11.3. The first-order chi connectivity index (χ1) is 33.3. The Morgan fingerprint density at radius 2 is 0.735 bits per heavy atom. The average molecular weight is 969 g/mol. The largest absolute Gasteiger partial charge is 0.394 e. The first-order valence-electron chi connectivity index (χ1n) is 30.2. The molecule has 406 valence electrons. The molecule has 0 saturated carbocycles. The molecular formula is C59H117NO8. The third-order valence-corrected chi connectivity index (χ3v) is 15.0. The molecule has 1 rings (SSSR count). The predicted octanol–water partition coefficient (Wildman–Crippen LogP) is 15.0. The summed E-state index contributed by atoms with van der Waals surface area (Å²) in [6.07, 6.45) is 53.0. The van der Waals surface area contributed by atoms with Gasteiger partial charge in [-0.05, 0) is 12.8 Å². The van der Waals surface area contributed by atoms with Crippen molar-refractivity contribution in [1.29, 1.82) is 0 Å². The third-order valence-electron chi connectivity index (χ3n) is 15.0. The van der Waals surface area contributed by atoms with Gasteiger partial charge >= 0.3 is 0 Å². The van der Waals surface area contributed by atoms with Gasteiger partial charge in [-0.3, -0.25) is 4.79 Å². The van der Waals surface area contributed by atoms with Gasteiger partial charge in [0.25, 0.3) is 0 Å². The minimum absolute atomic E-state index is 0.131. The van der Waals surface area contributed by atoms with E-state index in [4.69, 9.17) is 9.47 Å². The van der Waals surface area contributed by atoms with Crippen LogP contribution in [0.3, 0.4) is 0 Å². The minimum Gasteiger partial charge on any atom is -0.394 e. The van der Waals surface area contributed by atoms with Crippen molar-refractivity contribution in [2.75, 3.05) is 13.2 Å². The van der Waals surface area contributed by atoms with Gasteiger partial charge in [0.2, 0.25) is 5.91 Å². The number of ether oxygens (including phenoxy) is 2. The number of carbonyl (C=O) groups excluding carboxylic acids is 1. The summed E-state index contributed by atoms with van der Waals surface area (Å²) in [5, 5.41) is 54.6. The SMILES string of the molecule is CCCCCCCCCCCCCCCCCCCCCCCCCCCCCCCCCC(=O)N[C@@H](CO[C@@H]1O[C@H](CO)[C@@H](O)C(O)C1O)[C@H](O)CCCCCCCCCCCCCCCC. The fraction of sp³-hybridized carbons (Fsp3) is 0.983. The first-order valence-corrected chi connectivity index (χ1v) is 30.2. The van der Waals surface area contributed by atoms with Crippen LogP contribution in [0.4, 0.5) is 0 Å². The van der Waals surface area contributed by atoms with E-state index < -0.39 is 49.5 Å². The molecule has 1 fully saturated rings. The highest BCUT2D eigenvalue weighted by Gasteiger charge is 2.44. The number of nitrogens with one attached hydrogen (secondary N) is 1. The lowest BCUT2D eigenvalue weighted by molar-refractivity contribution is -0.302. The first kappa shape index (κ1) is 65.2. The van der Waals surface area contributed by atoms with Gasteiger partial charge in [0.15, 0.2) is 6.29 Å². The van der Waals surface area contributed by atoms with E-state index in [9.17, 15) is 30.3 Å². The lowest BCUT2D eigenvalue weighted by atomic mass is 9.99. The Hall–Kier alpha value is -0.810. The Morgan fingerprint density at radius 1 is 0.441 bits per heavy atom. The van der Waals surface area contributed by atoms with Crippen LogP contribution in [0.2, 0.25) is 0 Å². The zero-order chi connectivity index (χ0) is 49.4. The van der Waals surface area contributed by atoms with E-state index in [1.807, 2.05) is 0 Å². The van der Waals surface area contributed by atoms with Crippen molar-refractivity contribution in [3.63, 3.8) is 0 Å². The van der Waals surface area contributed by atoms with Crippen LogP contribution in [0.15, 0.2) is 0 Å². The Labute approximate surface area is 421 Å². The van der Waals surface area contributed by atoms with E-state index in [1.54, 1.807) is 0 Å². The monoisotopic (exact) mass is 968 g/mol. The Kier molecular flexibility index (Phi) is 47.7. The van der Waals surface area contributed by atoms with Crippen molar-refractivity contribution in [3.05, 3.63) is 0 Å². The molecule has 7 atom stereocenters. The number of amides is 1. The molecule has 0 aromatic carbocycles. The van der Waals surface area contributed by atoms with Gasteiger partial charge in [0, 0.05) is 6.42 Å². The maximum Gasteiger partial charge on any atom is 0.220 e. The topological polar surface area (TPSA) is 149 Å². The summed E-state index contributed by atoms with van der Waals surface area (Å²) in [5.74, 6) is -0.136. The van der Waals surface area contributed by atoms with Crippen molar-refractivity contribution in [2.45, 2.75) is 358 Å². The highest BCUT2D eigenvalue weighted by Crippen LogP contribution is 2.24. The fourth-order valence-corrected chi connectivity index (χ4v) is 10.2. The molecule has 0 radical (unpaired) electrons. The molecule has 0 aliphatic carbocycles. The van der Waals surface area contributed by atoms with E-state index >= 15 is 0 Å². The number of unbranched alkanes of at least 4 members (excludes halogenated alkanes) is 43. The molecule has 1 amide bonds. The molecule has 0 bridgehead atoms. The molecule has 0 aromatic heterocycles. The van der Waals surface area contributed by atoms with E-state index in [0.29, 0.717) is 12.8 Å². The Balaban J connectivity index is 2.09. The van der Waals surface area contributed by atoms with Gasteiger partial charge in [-0.15, -0.1) is 0 Å². The van der Waals surface area contributed by atoms with E-state index in [1.165, 1.54) is 250 Å². The van der Waals surface area contributed by atoms with E-state index in [2.05, 4.69) is 19.2 Å². The van der Waals surface area contributed by atoms with Crippen LogP contribution >= 0.6 is 0 Å². The molecule has 1 saturated heterocycles. The van der Waals surface area contributed by atoms with Gasteiger partial charge in [-0.25, -0.2) is 0 Å². The summed E-state index contributed by atoms with van der Waals surface area (Å²) in [5.41, 5.74) is 0. The van der Waals surface area contributed by atoms with Gasteiger partial charge in [-0.1, -0.05) is 296 Å². The molecule has 1 aliphatic heterocycles. The smallest absolute Gasteiger partial charge is 0.220 e. The lowest BCUT2D eigenvalue weighted by Gasteiger charge is -2.40. The number of rotatable bonds is 53. The summed E-state index contributed by atoms with van der Waals surface area (Å²) in [7, 11) is 0. The molecule has 6 N–H and O–H groups in total. The average Bonchev–Trinajstić information content (AvgIpc) is 3.34. The number of aliphatic hydroxyl groups is 5. The number of aliphatic hydroxyl groups excluding tert-OH is 5. The quantitative estimate of drug-likeness (QED) is 0.0330. The molecule has 9 nitrogen and oxygen atoms in total. The minimum atomic E-state index is -1.55. The summed E-state index contributed by atoms with van der Waals surface area (Å²) >= 11 is 0. The molecule has 68 heavy (non-hydrogen) atoms. The van der Waals surface area contributed by atoms with Crippen molar-refractivity contribution in [3.8, 4) is 0 Å². The van der Waals surface area contributed by atoms with E-state index in [0.717, 1.165) is 38.5 Å². The van der Waals surface area contributed by atoms with Gasteiger partial charge < -0.3 is 40.3 Å². The fourth-order valence-electron chi connectivity index (χ4n) is 10.2. The molecule has 2 unspecified atom stereocenters. The molecule has 1 aliphatic rings.